The molecule has 232 valence electrons. The molecular weight excluding hydrogens is 594 g/mol. The topological polar surface area (TPSA) is 124 Å². The van der Waals surface area contributed by atoms with E-state index in [4.69, 9.17) is 14.3 Å². The van der Waals surface area contributed by atoms with Gasteiger partial charge in [0.1, 0.15) is 30.8 Å². The summed E-state index contributed by atoms with van der Waals surface area (Å²) in [5, 5.41) is 6.04. The van der Waals surface area contributed by atoms with Gasteiger partial charge in [-0.25, -0.2) is 4.79 Å². The summed E-state index contributed by atoms with van der Waals surface area (Å²) < 4.78 is 11.6. The van der Waals surface area contributed by atoms with Gasteiger partial charge in [0.15, 0.2) is 11.8 Å². The van der Waals surface area contributed by atoms with Crippen molar-refractivity contribution in [2.45, 2.75) is 31.4 Å². The Kier molecular flexibility index (Phi) is 9.99. The van der Waals surface area contributed by atoms with Crippen molar-refractivity contribution in [1.29, 1.82) is 0 Å². The predicted octanol–water partition coefficient (Wildman–Crippen LogP) is 4.22. The lowest BCUT2D eigenvalue weighted by Gasteiger charge is -2.49. The van der Waals surface area contributed by atoms with Crippen LogP contribution >= 0.6 is 11.8 Å². The summed E-state index contributed by atoms with van der Waals surface area (Å²) in [6.45, 7) is 3.25. The second kappa shape index (κ2) is 14.3. The molecule has 2 aliphatic heterocycles. The Bertz CT molecular complexity index is 1570. The van der Waals surface area contributed by atoms with Gasteiger partial charge in [-0.3, -0.25) is 19.3 Å². The van der Waals surface area contributed by atoms with Crippen molar-refractivity contribution in [3.8, 4) is 0 Å². The number of β-lactam (4-membered cyclic amide) rings is 1. The van der Waals surface area contributed by atoms with Gasteiger partial charge < -0.3 is 19.6 Å². The molecule has 10 nitrogen and oxygen atoms in total. The second-order valence-electron chi connectivity index (χ2n) is 10.7. The number of hydrogen-bond acceptors (Lipinski definition) is 9. The average Bonchev–Trinajstić information content (AvgIpc) is 3.07. The van der Waals surface area contributed by atoms with Crippen molar-refractivity contribution in [3.05, 3.63) is 119 Å². The SMILES string of the molecule is CON=C(C(=O)N[C@@H]1C(=O)N2C(C(=O)OC(c3ccccc3)c3ccccc3)=C(COC(=O)C(C)C)CS[C@H]12)c1ccccc1. The number of thioether (sulfide) groups is 1. The molecule has 0 unspecified atom stereocenters. The van der Waals surface area contributed by atoms with Gasteiger partial charge in [0.05, 0.1) is 5.92 Å². The number of carbonyl (C=O) groups is 4. The molecule has 45 heavy (non-hydrogen) atoms. The molecule has 11 heteroatoms. The average molecular weight is 628 g/mol. The van der Waals surface area contributed by atoms with Crippen LogP contribution in [-0.2, 0) is 33.5 Å². The van der Waals surface area contributed by atoms with Gasteiger partial charge in [0.25, 0.3) is 11.8 Å². The number of ether oxygens (including phenoxy) is 2. The van der Waals surface area contributed by atoms with Crippen LogP contribution in [0, 0.1) is 5.92 Å². The van der Waals surface area contributed by atoms with E-state index in [9.17, 15) is 19.2 Å². The number of esters is 2. The molecule has 1 N–H and O–H groups in total. The highest BCUT2D eigenvalue weighted by Gasteiger charge is 2.55. The lowest BCUT2D eigenvalue weighted by Crippen LogP contribution is -2.71. The summed E-state index contributed by atoms with van der Waals surface area (Å²) in [5.41, 5.74) is 2.48. The highest BCUT2D eigenvalue weighted by atomic mass is 32.2. The minimum Gasteiger partial charge on any atom is -0.461 e. The predicted molar refractivity (Wildman–Crippen MR) is 169 cm³/mol. The number of benzene rings is 3. The molecule has 3 aromatic rings. The van der Waals surface area contributed by atoms with E-state index in [-0.39, 0.29) is 29.7 Å². The Labute approximate surface area is 265 Å². The molecule has 1 fully saturated rings. The molecule has 1 saturated heterocycles. The summed E-state index contributed by atoms with van der Waals surface area (Å²) >= 11 is 1.35. The molecule has 2 heterocycles. The van der Waals surface area contributed by atoms with Gasteiger partial charge in [-0.1, -0.05) is 110 Å². The molecule has 2 aliphatic rings. The quantitative estimate of drug-likeness (QED) is 0.145. The molecule has 0 bridgehead atoms. The van der Waals surface area contributed by atoms with Gasteiger partial charge in [-0.2, -0.15) is 0 Å². The van der Waals surface area contributed by atoms with Gasteiger partial charge in [0.2, 0.25) is 0 Å². The van der Waals surface area contributed by atoms with Crippen LogP contribution < -0.4 is 5.32 Å². The van der Waals surface area contributed by atoms with Crippen molar-refractivity contribution in [3.63, 3.8) is 0 Å². The van der Waals surface area contributed by atoms with Gasteiger partial charge in [-0.15, -0.1) is 11.8 Å². The van der Waals surface area contributed by atoms with Crippen LogP contribution in [0.25, 0.3) is 0 Å². The molecule has 0 saturated carbocycles. The third-order valence-electron chi connectivity index (χ3n) is 7.26. The van der Waals surface area contributed by atoms with E-state index in [0.29, 0.717) is 11.1 Å². The Morgan fingerprint density at radius 2 is 1.51 bits per heavy atom. The smallest absolute Gasteiger partial charge is 0.356 e. The van der Waals surface area contributed by atoms with E-state index in [1.165, 1.54) is 23.8 Å². The third-order valence-corrected chi connectivity index (χ3v) is 8.60. The van der Waals surface area contributed by atoms with Crippen LogP contribution in [0.2, 0.25) is 0 Å². The molecule has 0 aromatic heterocycles. The largest absolute Gasteiger partial charge is 0.461 e. The number of nitrogens with one attached hydrogen (secondary N) is 1. The Morgan fingerprint density at radius 3 is 2.07 bits per heavy atom. The number of fused-ring (bicyclic) bond motifs is 1. The molecule has 2 amide bonds. The van der Waals surface area contributed by atoms with E-state index in [0.717, 1.165) is 11.1 Å². The minimum absolute atomic E-state index is 0.00943. The van der Waals surface area contributed by atoms with Crippen LogP contribution in [0.1, 0.15) is 36.6 Å². The summed E-state index contributed by atoms with van der Waals surface area (Å²) in [4.78, 5) is 59.5. The monoisotopic (exact) mass is 627 g/mol. The number of carbonyl (C=O) groups excluding carboxylic acids is 4. The molecular formula is C34H33N3O7S. The first-order valence-corrected chi connectivity index (χ1v) is 15.5. The first-order valence-electron chi connectivity index (χ1n) is 14.4. The van der Waals surface area contributed by atoms with E-state index in [1.54, 1.807) is 44.2 Å². The zero-order valence-corrected chi connectivity index (χ0v) is 25.9. The van der Waals surface area contributed by atoms with Crippen molar-refractivity contribution >= 4 is 41.2 Å². The first kappa shape index (κ1) is 31.5. The van der Waals surface area contributed by atoms with E-state index in [2.05, 4.69) is 10.5 Å². The second-order valence-corrected chi connectivity index (χ2v) is 11.8. The number of oxime groups is 1. The number of rotatable bonds is 11. The van der Waals surface area contributed by atoms with Crippen LogP contribution in [-0.4, -0.2) is 65.2 Å². The van der Waals surface area contributed by atoms with E-state index in [1.807, 2.05) is 60.7 Å². The highest BCUT2D eigenvalue weighted by Crippen LogP contribution is 2.41. The van der Waals surface area contributed by atoms with Crippen LogP contribution in [0.4, 0.5) is 0 Å². The fraction of sp³-hybridized carbons (Fsp3) is 0.265. The molecule has 3 aromatic carbocycles. The maximum Gasteiger partial charge on any atom is 0.356 e. The Morgan fingerprint density at radius 1 is 0.933 bits per heavy atom. The number of amides is 2. The van der Waals surface area contributed by atoms with Crippen molar-refractivity contribution < 1.29 is 33.5 Å². The maximum absolute atomic E-state index is 14.0. The number of nitrogens with zero attached hydrogens (tertiary/aromatic N) is 2. The number of hydrogen-bond donors (Lipinski definition) is 1. The van der Waals surface area contributed by atoms with Crippen molar-refractivity contribution in [1.82, 2.24) is 10.2 Å². The first-order chi connectivity index (χ1) is 21.8. The summed E-state index contributed by atoms with van der Waals surface area (Å²) in [6, 6.07) is 26.4. The maximum atomic E-state index is 14.0. The molecule has 0 radical (unpaired) electrons. The third kappa shape index (κ3) is 6.93. The normalized spacial score (nSPS) is 17.8. The van der Waals surface area contributed by atoms with E-state index < -0.39 is 41.3 Å². The fourth-order valence-corrected chi connectivity index (χ4v) is 6.30. The van der Waals surface area contributed by atoms with Crippen LogP contribution in [0.5, 0.6) is 0 Å². The summed E-state index contributed by atoms with van der Waals surface area (Å²) in [5.74, 6) is -2.36. The fourth-order valence-electron chi connectivity index (χ4n) is 4.98. The van der Waals surface area contributed by atoms with Gasteiger partial charge in [-0.05, 0) is 11.1 Å². The van der Waals surface area contributed by atoms with Crippen molar-refractivity contribution in [2.75, 3.05) is 19.5 Å². The Hall–Kier alpha value is -4.90. The molecule has 0 spiro atoms. The van der Waals surface area contributed by atoms with E-state index >= 15 is 0 Å². The molecule has 5 rings (SSSR count). The zero-order valence-electron chi connectivity index (χ0n) is 25.0. The lowest BCUT2D eigenvalue weighted by atomic mass is 10.0. The lowest BCUT2D eigenvalue weighted by molar-refractivity contribution is -0.155. The van der Waals surface area contributed by atoms with Gasteiger partial charge in [0, 0.05) is 16.9 Å². The molecule has 0 aliphatic carbocycles. The van der Waals surface area contributed by atoms with Crippen LogP contribution in [0.3, 0.4) is 0 Å². The summed E-state index contributed by atoms with van der Waals surface area (Å²) in [7, 11) is 1.33. The van der Waals surface area contributed by atoms with Gasteiger partial charge >= 0.3 is 11.9 Å². The van der Waals surface area contributed by atoms with Crippen LogP contribution in [0.15, 0.2) is 107 Å². The molecule has 2 atom stereocenters. The standard InChI is InChI=1S/C34H33N3O7S/c1-21(2)33(40)43-19-25-20-45-32-27(35-30(38)26(36-42-3)22-13-7-4-8-14-22)31(39)37(32)28(25)34(41)44-29(23-15-9-5-10-16-23)24-17-11-6-12-18-24/h4-18,21,27,29,32H,19-20H2,1-3H3,(H,35,38)/t27-,32-/m1/s1. The zero-order chi connectivity index (χ0) is 31.9. The highest BCUT2D eigenvalue weighted by molar-refractivity contribution is 8.00. The summed E-state index contributed by atoms with van der Waals surface area (Å²) in [6.07, 6.45) is -0.759. The minimum atomic E-state index is -0.935. The van der Waals surface area contributed by atoms with Crippen molar-refractivity contribution in [2.24, 2.45) is 11.1 Å². The Balaban J connectivity index is 1.43.